The van der Waals surface area contributed by atoms with Crippen LogP contribution in [0.4, 0.5) is 5.13 Å². The maximum atomic E-state index is 11.5. The molecule has 2 N–H and O–H groups in total. The van der Waals surface area contributed by atoms with Gasteiger partial charge in [-0.1, -0.05) is 37.0 Å². The number of nitrogens with one attached hydrogen (secondary N) is 1. The minimum absolute atomic E-state index is 0.0188. The number of amides is 1. The molecule has 1 heterocycles. The van der Waals surface area contributed by atoms with Gasteiger partial charge >= 0.3 is 0 Å². The van der Waals surface area contributed by atoms with E-state index in [2.05, 4.69) is 36.0 Å². The van der Waals surface area contributed by atoms with Gasteiger partial charge in [0.2, 0.25) is 5.91 Å². The van der Waals surface area contributed by atoms with Crippen molar-refractivity contribution in [3.05, 3.63) is 11.1 Å². The van der Waals surface area contributed by atoms with Crippen LogP contribution in [-0.4, -0.2) is 22.6 Å². The molecule has 1 rings (SSSR count). The molecule has 0 aromatic carbocycles. The highest BCUT2D eigenvalue weighted by Crippen LogP contribution is 2.17. The van der Waals surface area contributed by atoms with Crippen LogP contribution in [-0.2, 0) is 4.79 Å². The fourth-order valence-corrected chi connectivity index (χ4v) is 1.83. The maximum Gasteiger partial charge on any atom is 0.226 e. The van der Waals surface area contributed by atoms with E-state index in [1.54, 1.807) is 6.20 Å². The van der Waals surface area contributed by atoms with Crippen molar-refractivity contribution in [2.45, 2.75) is 26.7 Å². The van der Waals surface area contributed by atoms with E-state index in [9.17, 15) is 4.79 Å². The maximum absolute atomic E-state index is 11.5. The first-order chi connectivity index (χ1) is 8.11. The number of aliphatic hydroxyl groups excluding tert-OH is 1. The molecular formula is C12H16N2O2S. The molecule has 92 valence electrons. The second-order valence-corrected chi connectivity index (χ2v) is 5.00. The fraction of sp³-hybridized carbons (Fsp3) is 0.500. The van der Waals surface area contributed by atoms with Crippen LogP contribution < -0.4 is 5.32 Å². The van der Waals surface area contributed by atoms with Crippen molar-refractivity contribution in [3.63, 3.8) is 0 Å². The average molecular weight is 252 g/mol. The largest absolute Gasteiger partial charge is 0.384 e. The Bertz CT molecular complexity index is 429. The lowest BCUT2D eigenvalue weighted by atomic mass is 10.1. The SMILES string of the molecule is CC(C)CCC(=O)Nc1ncc(C#CCO)s1. The number of carbonyl (C=O) groups excluding carboxylic acids is 1. The van der Waals surface area contributed by atoms with Crippen LogP contribution in [0.25, 0.3) is 0 Å². The number of nitrogens with zero attached hydrogens (tertiary/aromatic N) is 1. The van der Waals surface area contributed by atoms with E-state index < -0.39 is 0 Å². The normalized spacial score (nSPS) is 9.88. The Morgan fingerprint density at radius 3 is 3.06 bits per heavy atom. The number of rotatable bonds is 4. The number of hydrogen-bond donors (Lipinski definition) is 2. The van der Waals surface area contributed by atoms with Crippen molar-refractivity contribution in [1.29, 1.82) is 0 Å². The Balaban J connectivity index is 2.46. The van der Waals surface area contributed by atoms with Crippen LogP contribution in [0.1, 0.15) is 31.6 Å². The summed E-state index contributed by atoms with van der Waals surface area (Å²) in [5.74, 6) is 5.78. The lowest BCUT2D eigenvalue weighted by Gasteiger charge is -2.03. The van der Waals surface area contributed by atoms with Crippen molar-refractivity contribution in [2.24, 2.45) is 5.92 Å². The second-order valence-electron chi connectivity index (χ2n) is 3.97. The number of carbonyl (C=O) groups is 1. The van der Waals surface area contributed by atoms with Crippen LogP contribution in [0.2, 0.25) is 0 Å². The van der Waals surface area contributed by atoms with Crippen LogP contribution in [0, 0.1) is 17.8 Å². The molecule has 0 atom stereocenters. The first-order valence-corrected chi connectivity index (χ1v) is 6.29. The Kier molecular flexibility index (Phi) is 5.67. The van der Waals surface area contributed by atoms with Crippen LogP contribution in [0.15, 0.2) is 6.20 Å². The summed E-state index contributed by atoms with van der Waals surface area (Å²) in [6.07, 6.45) is 2.97. The molecule has 1 aromatic heterocycles. The van der Waals surface area contributed by atoms with E-state index in [0.717, 1.165) is 11.3 Å². The molecule has 1 aromatic rings. The Hall–Kier alpha value is -1.38. The summed E-state index contributed by atoms with van der Waals surface area (Å²) in [6, 6.07) is 0. The van der Waals surface area contributed by atoms with Gasteiger partial charge in [0, 0.05) is 6.42 Å². The summed E-state index contributed by atoms with van der Waals surface area (Å²) in [6.45, 7) is 3.99. The minimum Gasteiger partial charge on any atom is -0.384 e. The van der Waals surface area contributed by atoms with Gasteiger partial charge in [-0.05, 0) is 12.3 Å². The summed E-state index contributed by atoms with van der Waals surface area (Å²) >= 11 is 1.31. The minimum atomic E-state index is -0.173. The molecule has 5 heteroatoms. The number of aliphatic hydroxyl groups is 1. The zero-order valence-electron chi connectivity index (χ0n) is 9.99. The average Bonchev–Trinajstić information content (AvgIpc) is 2.71. The lowest BCUT2D eigenvalue weighted by Crippen LogP contribution is -2.11. The fourth-order valence-electron chi connectivity index (χ4n) is 1.12. The zero-order valence-corrected chi connectivity index (χ0v) is 10.8. The molecule has 1 amide bonds. The van der Waals surface area contributed by atoms with E-state index in [-0.39, 0.29) is 12.5 Å². The van der Waals surface area contributed by atoms with Crippen LogP contribution >= 0.6 is 11.3 Å². The third-order valence-corrected chi connectivity index (χ3v) is 2.82. The van der Waals surface area contributed by atoms with Gasteiger partial charge in [-0.15, -0.1) is 0 Å². The van der Waals surface area contributed by atoms with Crippen molar-refractivity contribution in [3.8, 4) is 11.8 Å². The third-order valence-electron chi connectivity index (χ3n) is 1.99. The van der Waals surface area contributed by atoms with Gasteiger partial charge in [0.1, 0.15) is 6.61 Å². The van der Waals surface area contributed by atoms with Gasteiger partial charge in [-0.3, -0.25) is 4.79 Å². The van der Waals surface area contributed by atoms with Crippen molar-refractivity contribution in [1.82, 2.24) is 4.98 Å². The molecule has 0 aliphatic heterocycles. The molecule has 0 spiro atoms. The molecule has 0 unspecified atom stereocenters. The molecule has 0 bridgehead atoms. The molecule has 0 aliphatic rings. The van der Waals surface area contributed by atoms with E-state index in [1.165, 1.54) is 11.3 Å². The van der Waals surface area contributed by atoms with Gasteiger partial charge in [-0.2, -0.15) is 0 Å². The highest BCUT2D eigenvalue weighted by atomic mass is 32.1. The molecule has 17 heavy (non-hydrogen) atoms. The quantitative estimate of drug-likeness (QED) is 0.804. The van der Waals surface area contributed by atoms with E-state index in [4.69, 9.17) is 5.11 Å². The lowest BCUT2D eigenvalue weighted by molar-refractivity contribution is -0.116. The third kappa shape index (κ3) is 5.48. The zero-order chi connectivity index (χ0) is 12.7. The van der Waals surface area contributed by atoms with E-state index >= 15 is 0 Å². The molecule has 0 aliphatic carbocycles. The van der Waals surface area contributed by atoms with Crippen molar-refractivity contribution < 1.29 is 9.90 Å². The topological polar surface area (TPSA) is 62.2 Å². The number of hydrogen-bond acceptors (Lipinski definition) is 4. The summed E-state index contributed by atoms with van der Waals surface area (Å²) in [5.41, 5.74) is 0. The van der Waals surface area contributed by atoms with Gasteiger partial charge < -0.3 is 10.4 Å². The summed E-state index contributed by atoms with van der Waals surface area (Å²) < 4.78 is 0. The van der Waals surface area contributed by atoms with Crippen molar-refractivity contribution >= 4 is 22.4 Å². The van der Waals surface area contributed by atoms with Gasteiger partial charge in [-0.25, -0.2) is 4.98 Å². The van der Waals surface area contributed by atoms with Crippen LogP contribution in [0.3, 0.4) is 0 Å². The predicted molar refractivity (Wildman–Crippen MR) is 68.8 cm³/mol. The van der Waals surface area contributed by atoms with Gasteiger partial charge in [0.05, 0.1) is 11.1 Å². The molecule has 0 saturated heterocycles. The van der Waals surface area contributed by atoms with Crippen molar-refractivity contribution in [2.75, 3.05) is 11.9 Å². The van der Waals surface area contributed by atoms with Gasteiger partial charge in [0.25, 0.3) is 0 Å². The predicted octanol–water partition coefficient (Wildman–Crippen LogP) is 1.86. The summed E-state index contributed by atoms with van der Waals surface area (Å²) in [7, 11) is 0. The number of anilines is 1. The first-order valence-electron chi connectivity index (χ1n) is 5.47. The van der Waals surface area contributed by atoms with E-state index in [0.29, 0.717) is 17.5 Å². The highest BCUT2D eigenvalue weighted by molar-refractivity contribution is 7.16. The molecular weight excluding hydrogens is 236 g/mol. The molecule has 0 fully saturated rings. The van der Waals surface area contributed by atoms with E-state index in [1.807, 2.05) is 0 Å². The number of aromatic nitrogens is 1. The second kappa shape index (κ2) is 7.05. The van der Waals surface area contributed by atoms with Crippen LogP contribution in [0.5, 0.6) is 0 Å². The van der Waals surface area contributed by atoms with Gasteiger partial charge in [0.15, 0.2) is 5.13 Å². The monoisotopic (exact) mass is 252 g/mol. The Labute approximate surface area is 105 Å². The Morgan fingerprint density at radius 2 is 2.41 bits per heavy atom. The molecule has 0 radical (unpaired) electrons. The Morgan fingerprint density at radius 1 is 1.65 bits per heavy atom. The summed E-state index contributed by atoms with van der Waals surface area (Å²) in [5, 5.41) is 11.8. The number of thiazole rings is 1. The highest BCUT2D eigenvalue weighted by Gasteiger charge is 2.06. The smallest absolute Gasteiger partial charge is 0.226 e. The molecule has 0 saturated carbocycles. The summed E-state index contributed by atoms with van der Waals surface area (Å²) in [4.78, 5) is 16.3. The standard InChI is InChI=1S/C12H16N2O2S/c1-9(2)5-6-11(16)14-12-13-8-10(17-12)4-3-7-15/h8-9,15H,5-7H2,1-2H3,(H,13,14,16). The molecule has 4 nitrogen and oxygen atoms in total. The first kappa shape index (κ1) is 13.7.